The van der Waals surface area contributed by atoms with Crippen LogP contribution in [0.2, 0.25) is 0 Å². The second kappa shape index (κ2) is 10.8. The molecule has 0 unspecified atom stereocenters. The van der Waals surface area contributed by atoms with Crippen molar-refractivity contribution in [2.45, 2.75) is 26.2 Å². The molecule has 180 valence electrons. The standard InChI is InChI=1S/C27H25F2N3O3/c1-3-25-24(16-17-26(33)30-20-8-4-18(28)5-9-20)27(35-23-12-6-19(29)7-13-23)32(31-25)21-10-14-22(34-2)15-11-21/h4-15H,3,16-17H2,1-2H3,(H,30,33). The van der Waals surface area contributed by atoms with E-state index in [1.54, 1.807) is 11.8 Å². The largest absolute Gasteiger partial charge is 0.497 e. The maximum atomic E-state index is 13.4. The zero-order chi connectivity index (χ0) is 24.8. The fourth-order valence-electron chi connectivity index (χ4n) is 3.63. The molecule has 0 aliphatic heterocycles. The van der Waals surface area contributed by atoms with Gasteiger partial charge in [0.05, 0.1) is 18.5 Å². The predicted molar refractivity (Wildman–Crippen MR) is 129 cm³/mol. The number of ether oxygens (including phenoxy) is 2. The molecule has 6 nitrogen and oxygen atoms in total. The third-order valence-corrected chi connectivity index (χ3v) is 5.43. The molecule has 1 aromatic heterocycles. The van der Waals surface area contributed by atoms with Gasteiger partial charge in [0.2, 0.25) is 11.8 Å². The van der Waals surface area contributed by atoms with Gasteiger partial charge in [0.15, 0.2) is 0 Å². The van der Waals surface area contributed by atoms with Crippen LogP contribution < -0.4 is 14.8 Å². The predicted octanol–water partition coefficient (Wildman–Crippen LogP) is 6.09. The highest BCUT2D eigenvalue weighted by atomic mass is 19.1. The average molecular weight is 478 g/mol. The van der Waals surface area contributed by atoms with Crippen LogP contribution in [0.15, 0.2) is 72.8 Å². The van der Waals surface area contributed by atoms with Gasteiger partial charge in [-0.05, 0) is 85.6 Å². The Hall–Kier alpha value is -4.20. The van der Waals surface area contributed by atoms with E-state index in [0.717, 1.165) is 16.9 Å². The highest BCUT2D eigenvalue weighted by Crippen LogP contribution is 2.33. The molecule has 0 atom stereocenters. The highest BCUT2D eigenvalue weighted by molar-refractivity contribution is 5.90. The van der Waals surface area contributed by atoms with Gasteiger partial charge < -0.3 is 14.8 Å². The minimum absolute atomic E-state index is 0.165. The highest BCUT2D eigenvalue weighted by Gasteiger charge is 2.21. The van der Waals surface area contributed by atoms with Crippen molar-refractivity contribution in [3.05, 3.63) is 95.7 Å². The van der Waals surface area contributed by atoms with Gasteiger partial charge in [-0.25, -0.2) is 13.5 Å². The first-order valence-corrected chi connectivity index (χ1v) is 11.2. The van der Waals surface area contributed by atoms with Crippen molar-refractivity contribution in [3.8, 4) is 23.1 Å². The Kier molecular flexibility index (Phi) is 7.40. The maximum Gasteiger partial charge on any atom is 0.226 e. The fraction of sp³-hybridized carbons (Fsp3) is 0.185. The Morgan fingerprint density at radius 1 is 0.914 bits per heavy atom. The summed E-state index contributed by atoms with van der Waals surface area (Å²) in [6.07, 6.45) is 1.15. The van der Waals surface area contributed by atoms with E-state index in [1.165, 1.54) is 48.5 Å². The summed E-state index contributed by atoms with van der Waals surface area (Å²) in [5.74, 6) is 0.643. The van der Waals surface area contributed by atoms with Gasteiger partial charge in [-0.1, -0.05) is 6.92 Å². The number of aryl methyl sites for hydroxylation is 1. The Morgan fingerprint density at radius 2 is 1.51 bits per heavy atom. The summed E-state index contributed by atoms with van der Waals surface area (Å²) in [5.41, 5.74) is 2.83. The molecule has 0 radical (unpaired) electrons. The lowest BCUT2D eigenvalue weighted by Gasteiger charge is -2.12. The third-order valence-electron chi connectivity index (χ3n) is 5.43. The van der Waals surface area contributed by atoms with Crippen LogP contribution in [0.5, 0.6) is 17.4 Å². The first kappa shape index (κ1) is 23.9. The van der Waals surface area contributed by atoms with Crippen molar-refractivity contribution in [3.63, 3.8) is 0 Å². The van der Waals surface area contributed by atoms with Gasteiger partial charge in [0.1, 0.15) is 23.1 Å². The Labute approximate surface area is 202 Å². The minimum atomic E-state index is -0.371. The Morgan fingerprint density at radius 3 is 2.11 bits per heavy atom. The number of nitrogens with one attached hydrogen (secondary N) is 1. The number of rotatable bonds is 9. The SMILES string of the molecule is CCc1nn(-c2ccc(OC)cc2)c(Oc2ccc(F)cc2)c1CCC(=O)Nc1ccc(F)cc1. The van der Waals surface area contributed by atoms with Crippen molar-refractivity contribution in [1.82, 2.24) is 9.78 Å². The van der Waals surface area contributed by atoms with Crippen molar-refractivity contribution in [2.24, 2.45) is 0 Å². The summed E-state index contributed by atoms with van der Waals surface area (Å²) in [6, 6.07) is 18.7. The van der Waals surface area contributed by atoms with Crippen molar-refractivity contribution < 1.29 is 23.0 Å². The number of benzene rings is 3. The number of nitrogens with zero attached hydrogens (tertiary/aromatic N) is 2. The van der Waals surface area contributed by atoms with E-state index in [9.17, 15) is 13.6 Å². The zero-order valence-corrected chi connectivity index (χ0v) is 19.4. The number of amides is 1. The summed E-state index contributed by atoms with van der Waals surface area (Å²) in [5, 5.41) is 7.52. The quantitative estimate of drug-likeness (QED) is 0.317. The van der Waals surface area contributed by atoms with Crippen molar-refractivity contribution in [2.75, 3.05) is 12.4 Å². The molecule has 0 aliphatic rings. The van der Waals surface area contributed by atoms with Gasteiger partial charge in [0.25, 0.3) is 0 Å². The van der Waals surface area contributed by atoms with Gasteiger partial charge in [0, 0.05) is 17.7 Å². The van der Waals surface area contributed by atoms with Gasteiger partial charge in [-0.2, -0.15) is 5.10 Å². The van der Waals surface area contributed by atoms with Gasteiger partial charge in [-0.15, -0.1) is 0 Å². The fourth-order valence-corrected chi connectivity index (χ4v) is 3.63. The minimum Gasteiger partial charge on any atom is -0.497 e. The molecule has 0 saturated carbocycles. The van der Waals surface area contributed by atoms with Crippen LogP contribution in [-0.4, -0.2) is 22.8 Å². The molecule has 1 heterocycles. The number of hydrogen-bond donors (Lipinski definition) is 1. The van der Waals surface area contributed by atoms with Gasteiger partial charge in [-0.3, -0.25) is 4.79 Å². The van der Waals surface area contributed by atoms with Crippen LogP contribution in [0, 0.1) is 11.6 Å². The number of methoxy groups -OCH3 is 1. The van der Waals surface area contributed by atoms with Crippen molar-refractivity contribution in [1.29, 1.82) is 0 Å². The number of aromatic nitrogens is 2. The molecule has 0 fully saturated rings. The zero-order valence-electron chi connectivity index (χ0n) is 19.4. The number of halogens is 2. The van der Waals surface area contributed by atoms with Crippen LogP contribution in [0.25, 0.3) is 5.69 Å². The van der Waals surface area contributed by atoms with E-state index in [0.29, 0.717) is 35.9 Å². The molecule has 4 rings (SSSR count). The lowest BCUT2D eigenvalue weighted by Crippen LogP contribution is -2.12. The first-order valence-electron chi connectivity index (χ1n) is 11.2. The summed E-state index contributed by atoms with van der Waals surface area (Å²) in [6.45, 7) is 1.98. The summed E-state index contributed by atoms with van der Waals surface area (Å²) in [7, 11) is 1.59. The first-order chi connectivity index (χ1) is 17.0. The number of hydrogen-bond acceptors (Lipinski definition) is 4. The monoisotopic (exact) mass is 477 g/mol. The normalized spacial score (nSPS) is 10.7. The smallest absolute Gasteiger partial charge is 0.226 e. The average Bonchev–Trinajstić information content (AvgIpc) is 3.22. The molecule has 35 heavy (non-hydrogen) atoms. The topological polar surface area (TPSA) is 65.4 Å². The number of carbonyl (C=O) groups is 1. The number of carbonyl (C=O) groups excluding carboxylic acids is 1. The molecule has 0 saturated heterocycles. The van der Waals surface area contributed by atoms with E-state index >= 15 is 0 Å². The molecule has 4 aromatic rings. The molecular weight excluding hydrogens is 452 g/mol. The molecule has 0 aliphatic carbocycles. The maximum absolute atomic E-state index is 13.4. The Balaban J connectivity index is 1.64. The third kappa shape index (κ3) is 5.84. The van der Waals surface area contributed by atoms with Crippen LogP contribution in [-0.2, 0) is 17.6 Å². The summed E-state index contributed by atoms with van der Waals surface area (Å²) in [4.78, 5) is 12.6. The van der Waals surface area contributed by atoms with E-state index in [2.05, 4.69) is 5.32 Å². The molecule has 0 spiro atoms. The van der Waals surface area contributed by atoms with E-state index in [1.807, 2.05) is 31.2 Å². The van der Waals surface area contributed by atoms with E-state index in [4.69, 9.17) is 14.6 Å². The lowest BCUT2D eigenvalue weighted by molar-refractivity contribution is -0.116. The molecule has 8 heteroatoms. The molecule has 3 aromatic carbocycles. The van der Waals surface area contributed by atoms with Gasteiger partial charge >= 0.3 is 0 Å². The lowest BCUT2D eigenvalue weighted by atomic mass is 10.1. The number of anilines is 1. The second-order valence-electron chi connectivity index (χ2n) is 7.80. The van der Waals surface area contributed by atoms with Crippen LogP contribution in [0.1, 0.15) is 24.6 Å². The van der Waals surface area contributed by atoms with Crippen molar-refractivity contribution >= 4 is 11.6 Å². The summed E-state index contributed by atoms with van der Waals surface area (Å²) >= 11 is 0. The van der Waals surface area contributed by atoms with Crippen LogP contribution in [0.4, 0.5) is 14.5 Å². The molecule has 1 N–H and O–H groups in total. The second-order valence-corrected chi connectivity index (χ2v) is 7.80. The molecule has 1 amide bonds. The van der Waals surface area contributed by atoms with Crippen LogP contribution >= 0.6 is 0 Å². The molecule has 0 bridgehead atoms. The van der Waals surface area contributed by atoms with E-state index in [-0.39, 0.29) is 24.0 Å². The molecular formula is C27H25F2N3O3. The van der Waals surface area contributed by atoms with Crippen LogP contribution in [0.3, 0.4) is 0 Å². The Bertz CT molecular complexity index is 1290. The van der Waals surface area contributed by atoms with E-state index < -0.39 is 0 Å². The summed E-state index contributed by atoms with van der Waals surface area (Å²) < 4.78 is 39.7.